The molecule has 3 heteroatoms. The number of rotatable bonds is 30. The van der Waals surface area contributed by atoms with Gasteiger partial charge in [0, 0.05) is 0 Å². The van der Waals surface area contributed by atoms with Gasteiger partial charge in [-0.05, 0) is 38.5 Å². The Morgan fingerprint density at radius 2 is 0.919 bits per heavy atom. The second kappa shape index (κ2) is 29.7. The van der Waals surface area contributed by atoms with Gasteiger partial charge in [0.05, 0.1) is 12.0 Å². The first kappa shape index (κ1) is 36.2. The van der Waals surface area contributed by atoms with Gasteiger partial charge in [0.2, 0.25) is 0 Å². The highest BCUT2D eigenvalue weighted by Crippen LogP contribution is 2.20. The first-order valence-corrected chi connectivity index (χ1v) is 16.7. The van der Waals surface area contributed by atoms with Gasteiger partial charge in [-0.25, -0.2) is 0 Å². The summed E-state index contributed by atoms with van der Waals surface area (Å²) in [4.78, 5) is 11.6. The minimum Gasteiger partial charge on any atom is -0.481 e. The van der Waals surface area contributed by atoms with E-state index in [2.05, 4.69) is 26.0 Å². The predicted octanol–water partition coefficient (Wildman–Crippen LogP) is 11.2. The number of unbranched alkanes of at least 4 members (excludes halogenated alkanes) is 20. The van der Waals surface area contributed by atoms with Crippen molar-refractivity contribution in [2.45, 2.75) is 193 Å². The number of carbonyl (C=O) groups is 1. The molecule has 3 nitrogen and oxygen atoms in total. The zero-order valence-electron chi connectivity index (χ0n) is 25.2. The van der Waals surface area contributed by atoms with Crippen LogP contribution in [0.25, 0.3) is 0 Å². The summed E-state index contributed by atoms with van der Waals surface area (Å²) in [5.41, 5.74) is 0. The summed E-state index contributed by atoms with van der Waals surface area (Å²) in [6.07, 6.45) is 36.9. The van der Waals surface area contributed by atoms with Gasteiger partial charge in [0.25, 0.3) is 0 Å². The lowest BCUT2D eigenvalue weighted by molar-refractivity contribution is -0.142. The van der Waals surface area contributed by atoms with E-state index in [4.69, 9.17) is 0 Å². The van der Waals surface area contributed by atoms with Gasteiger partial charge in [0.1, 0.15) is 0 Å². The molecular weight excluding hydrogens is 456 g/mol. The van der Waals surface area contributed by atoms with Crippen molar-refractivity contribution >= 4 is 5.97 Å². The molecule has 0 bridgehead atoms. The highest BCUT2D eigenvalue weighted by Gasteiger charge is 2.16. The van der Waals surface area contributed by atoms with Crippen molar-refractivity contribution in [2.24, 2.45) is 5.92 Å². The molecule has 2 N–H and O–H groups in total. The van der Waals surface area contributed by atoms with Crippen LogP contribution in [0, 0.1) is 5.92 Å². The molecule has 0 saturated carbocycles. The molecular formula is C34H66O3. The van der Waals surface area contributed by atoms with E-state index < -0.39 is 5.97 Å². The molecule has 0 aromatic rings. The van der Waals surface area contributed by atoms with Crippen molar-refractivity contribution < 1.29 is 15.0 Å². The Bertz CT molecular complexity index is 487. The maximum atomic E-state index is 11.6. The minimum absolute atomic E-state index is 0.143. The highest BCUT2D eigenvalue weighted by atomic mass is 16.4. The van der Waals surface area contributed by atoms with E-state index in [-0.39, 0.29) is 12.0 Å². The molecule has 37 heavy (non-hydrogen) atoms. The monoisotopic (exact) mass is 523 g/mol. The van der Waals surface area contributed by atoms with Crippen LogP contribution < -0.4 is 0 Å². The van der Waals surface area contributed by atoms with E-state index in [1.807, 2.05) is 0 Å². The Morgan fingerprint density at radius 3 is 1.38 bits per heavy atom. The largest absolute Gasteiger partial charge is 0.481 e. The fourth-order valence-corrected chi connectivity index (χ4v) is 5.28. The first-order chi connectivity index (χ1) is 18.1. The Kier molecular flexibility index (Phi) is 29.1. The number of hydrogen-bond acceptors (Lipinski definition) is 2. The summed E-state index contributed by atoms with van der Waals surface area (Å²) in [6.45, 7) is 4.49. The summed E-state index contributed by atoms with van der Waals surface area (Å²) in [5, 5.41) is 19.6. The zero-order chi connectivity index (χ0) is 27.2. The smallest absolute Gasteiger partial charge is 0.306 e. The van der Waals surface area contributed by atoms with Crippen molar-refractivity contribution in [1.29, 1.82) is 0 Å². The standard InChI is InChI=1S/C34H66O3/c1-3-5-7-9-10-11-12-13-14-15-16-18-21-24-28-32(34(36)37)29-25-22-19-17-20-23-27-31-33(35)30-26-8-6-4-2/h23,27,32-33,35H,3-22,24-26,28-31H2,1-2H3,(H,36,37)/b27-23-/t32?,33-/m1/s1. The number of aliphatic hydroxyl groups is 1. The normalized spacial score (nSPS) is 13.4. The van der Waals surface area contributed by atoms with Crippen LogP contribution in [0.1, 0.15) is 187 Å². The van der Waals surface area contributed by atoms with Gasteiger partial charge in [-0.1, -0.05) is 161 Å². The van der Waals surface area contributed by atoms with Crippen LogP contribution in [0.5, 0.6) is 0 Å². The maximum Gasteiger partial charge on any atom is 0.306 e. The van der Waals surface area contributed by atoms with Crippen molar-refractivity contribution in [1.82, 2.24) is 0 Å². The molecule has 0 aromatic carbocycles. The molecule has 0 saturated heterocycles. The Morgan fingerprint density at radius 1 is 0.541 bits per heavy atom. The average Bonchev–Trinajstić information content (AvgIpc) is 2.88. The van der Waals surface area contributed by atoms with Gasteiger partial charge < -0.3 is 10.2 Å². The molecule has 1 unspecified atom stereocenters. The summed E-state index contributed by atoms with van der Waals surface area (Å²) >= 11 is 0. The molecule has 0 aliphatic carbocycles. The number of aliphatic hydroxyl groups excluding tert-OH is 1. The summed E-state index contributed by atoms with van der Waals surface area (Å²) in [6, 6.07) is 0. The Labute approximate surface area is 232 Å². The number of carboxylic acids is 1. The molecule has 2 atom stereocenters. The van der Waals surface area contributed by atoms with Crippen LogP contribution in [0.3, 0.4) is 0 Å². The van der Waals surface area contributed by atoms with Crippen LogP contribution in [-0.4, -0.2) is 22.3 Å². The number of allylic oxidation sites excluding steroid dienone is 1. The molecule has 0 radical (unpaired) electrons. The molecule has 0 aliphatic rings. The molecule has 0 heterocycles. The zero-order valence-corrected chi connectivity index (χ0v) is 25.2. The van der Waals surface area contributed by atoms with Gasteiger partial charge in [0.15, 0.2) is 0 Å². The van der Waals surface area contributed by atoms with Crippen LogP contribution in [0.4, 0.5) is 0 Å². The van der Waals surface area contributed by atoms with Crippen LogP contribution >= 0.6 is 0 Å². The quantitative estimate of drug-likeness (QED) is 0.0728. The summed E-state index contributed by atoms with van der Waals surface area (Å²) in [7, 11) is 0. The van der Waals surface area contributed by atoms with E-state index in [9.17, 15) is 15.0 Å². The molecule has 0 rings (SSSR count). The van der Waals surface area contributed by atoms with Gasteiger partial charge >= 0.3 is 5.97 Å². The van der Waals surface area contributed by atoms with Gasteiger partial charge in [-0.15, -0.1) is 0 Å². The van der Waals surface area contributed by atoms with E-state index in [1.165, 1.54) is 116 Å². The lowest BCUT2D eigenvalue weighted by atomic mass is 9.94. The van der Waals surface area contributed by atoms with Crippen molar-refractivity contribution in [3.63, 3.8) is 0 Å². The van der Waals surface area contributed by atoms with E-state index in [1.54, 1.807) is 0 Å². The topological polar surface area (TPSA) is 57.5 Å². The van der Waals surface area contributed by atoms with E-state index >= 15 is 0 Å². The first-order valence-electron chi connectivity index (χ1n) is 16.7. The van der Waals surface area contributed by atoms with Crippen LogP contribution in [0.15, 0.2) is 12.2 Å². The summed E-state index contributed by atoms with van der Waals surface area (Å²) in [5.74, 6) is -0.734. The lowest BCUT2D eigenvalue weighted by Gasteiger charge is -2.12. The second-order valence-corrected chi connectivity index (χ2v) is 11.6. The Hall–Kier alpha value is -0.830. The van der Waals surface area contributed by atoms with Gasteiger partial charge in [-0.3, -0.25) is 4.79 Å². The van der Waals surface area contributed by atoms with Crippen molar-refractivity contribution in [3.05, 3.63) is 12.2 Å². The fourth-order valence-electron chi connectivity index (χ4n) is 5.28. The van der Waals surface area contributed by atoms with Crippen molar-refractivity contribution in [2.75, 3.05) is 0 Å². The molecule has 0 spiro atoms. The number of aliphatic carboxylic acids is 1. The average molecular weight is 523 g/mol. The molecule has 0 fully saturated rings. The predicted molar refractivity (Wildman–Crippen MR) is 162 cm³/mol. The Balaban J connectivity index is 3.53. The minimum atomic E-state index is -0.592. The van der Waals surface area contributed by atoms with Crippen LogP contribution in [-0.2, 0) is 4.79 Å². The molecule has 0 amide bonds. The van der Waals surface area contributed by atoms with Gasteiger partial charge in [-0.2, -0.15) is 0 Å². The second-order valence-electron chi connectivity index (χ2n) is 11.6. The lowest BCUT2D eigenvalue weighted by Crippen LogP contribution is -2.13. The molecule has 0 aromatic heterocycles. The third kappa shape index (κ3) is 28.0. The molecule has 0 aliphatic heterocycles. The third-order valence-electron chi connectivity index (χ3n) is 7.89. The SMILES string of the molecule is CCCCCCCCCCCCCCCCC(CCCCCC/C=C\C[C@H](O)CCCCCC)C(=O)O. The van der Waals surface area contributed by atoms with E-state index in [0.717, 1.165) is 57.8 Å². The van der Waals surface area contributed by atoms with Crippen molar-refractivity contribution in [3.8, 4) is 0 Å². The highest BCUT2D eigenvalue weighted by molar-refractivity contribution is 5.69. The van der Waals surface area contributed by atoms with Crippen LogP contribution in [0.2, 0.25) is 0 Å². The number of hydrogen-bond donors (Lipinski definition) is 2. The maximum absolute atomic E-state index is 11.6. The summed E-state index contributed by atoms with van der Waals surface area (Å²) < 4.78 is 0. The third-order valence-corrected chi connectivity index (χ3v) is 7.89. The van der Waals surface area contributed by atoms with E-state index in [0.29, 0.717) is 0 Å². The fraction of sp³-hybridized carbons (Fsp3) is 0.912. The molecule has 220 valence electrons. The number of carboxylic acid groups (broad SMARTS) is 1.